The van der Waals surface area contributed by atoms with Crippen LogP contribution in [0.5, 0.6) is 0 Å². The highest BCUT2D eigenvalue weighted by molar-refractivity contribution is 5.81. The van der Waals surface area contributed by atoms with Gasteiger partial charge in [-0.25, -0.2) is 0 Å². The number of nitrogens with zero attached hydrogens (tertiary/aromatic N) is 4. The van der Waals surface area contributed by atoms with Crippen LogP contribution in [0.1, 0.15) is 77.6 Å². The number of ketones is 1. The first kappa shape index (κ1) is 20.8. The van der Waals surface area contributed by atoms with E-state index in [0.29, 0.717) is 17.8 Å². The summed E-state index contributed by atoms with van der Waals surface area (Å²) in [5, 5.41) is 22.9. The number of rotatable bonds is 3. The van der Waals surface area contributed by atoms with Gasteiger partial charge in [0.05, 0.1) is 0 Å². The summed E-state index contributed by atoms with van der Waals surface area (Å²) in [6.07, 6.45) is 13.8. The lowest BCUT2D eigenvalue weighted by Crippen LogP contribution is -2.51. The van der Waals surface area contributed by atoms with Crippen LogP contribution < -0.4 is 0 Å². The minimum atomic E-state index is -0.736. The lowest BCUT2D eigenvalue weighted by atomic mass is 9.49. The van der Waals surface area contributed by atoms with Crippen molar-refractivity contribution in [1.82, 2.24) is 20.2 Å². The van der Waals surface area contributed by atoms with Gasteiger partial charge in [0.2, 0.25) is 0 Å². The SMILES string of the molecule is C[C@]12CC[C@H]3[C@@H](CC[C@@H]4C[C@](O)(C#CC5CC5)CC[C@@H]43)[C@@H]1CC[C@@H]2C(=O)Cn1ncnn1. The zero-order valence-corrected chi connectivity index (χ0v) is 19.2. The third-order valence-corrected chi connectivity index (χ3v) is 10.2. The van der Waals surface area contributed by atoms with Gasteiger partial charge in [-0.2, -0.15) is 4.80 Å². The molecule has 0 unspecified atom stereocenters. The fourth-order valence-corrected chi connectivity index (χ4v) is 8.50. The number of tetrazole rings is 1. The molecule has 5 aliphatic carbocycles. The van der Waals surface area contributed by atoms with Crippen LogP contribution in [0.15, 0.2) is 6.33 Å². The highest BCUT2D eigenvalue weighted by Gasteiger charge is 2.59. The molecule has 0 aliphatic heterocycles. The summed E-state index contributed by atoms with van der Waals surface area (Å²) >= 11 is 0. The van der Waals surface area contributed by atoms with E-state index >= 15 is 0 Å². The number of carbonyl (C=O) groups is 1. The van der Waals surface area contributed by atoms with Crippen LogP contribution in [0.25, 0.3) is 0 Å². The van der Waals surface area contributed by atoms with Crippen LogP contribution in [0.4, 0.5) is 0 Å². The first-order valence-corrected chi connectivity index (χ1v) is 12.9. The Bertz CT molecular complexity index is 931. The van der Waals surface area contributed by atoms with Gasteiger partial charge in [0.25, 0.3) is 0 Å². The Morgan fingerprint density at radius 1 is 1.06 bits per heavy atom. The molecule has 8 atom stereocenters. The van der Waals surface area contributed by atoms with Gasteiger partial charge in [-0.3, -0.25) is 4.79 Å². The van der Waals surface area contributed by atoms with E-state index in [9.17, 15) is 9.90 Å². The van der Waals surface area contributed by atoms with Crippen molar-refractivity contribution in [3.05, 3.63) is 6.33 Å². The van der Waals surface area contributed by atoms with E-state index in [2.05, 4.69) is 34.2 Å². The Labute approximate surface area is 190 Å². The Hall–Kier alpha value is -1.74. The van der Waals surface area contributed by atoms with Crippen LogP contribution in [-0.2, 0) is 11.3 Å². The quantitative estimate of drug-likeness (QED) is 0.732. The molecule has 1 heterocycles. The molecule has 6 heteroatoms. The van der Waals surface area contributed by atoms with E-state index in [1.54, 1.807) is 0 Å². The summed E-state index contributed by atoms with van der Waals surface area (Å²) in [6.45, 7) is 2.66. The molecule has 5 saturated carbocycles. The number of Topliss-reactive ketones (excluding diaryl/α,β-unsaturated/α-hetero) is 1. The molecular formula is C26H36N4O2. The van der Waals surface area contributed by atoms with Crippen LogP contribution in [0.3, 0.4) is 0 Å². The van der Waals surface area contributed by atoms with Gasteiger partial charge in [0.15, 0.2) is 12.1 Å². The van der Waals surface area contributed by atoms with E-state index in [0.717, 1.165) is 49.9 Å². The first-order chi connectivity index (χ1) is 15.5. The number of aliphatic hydroxyl groups is 1. The molecule has 5 fully saturated rings. The monoisotopic (exact) mass is 436 g/mol. The molecule has 1 aromatic heterocycles. The lowest BCUT2D eigenvalue weighted by molar-refractivity contribution is -0.132. The number of aromatic nitrogens is 4. The largest absolute Gasteiger partial charge is 0.378 e. The molecule has 1 N–H and O–H groups in total. The smallest absolute Gasteiger partial charge is 0.162 e. The molecule has 0 spiro atoms. The maximum Gasteiger partial charge on any atom is 0.162 e. The summed E-state index contributed by atoms with van der Waals surface area (Å²) in [5.41, 5.74) is -0.614. The second-order valence-corrected chi connectivity index (χ2v) is 11.9. The number of hydrogen-bond acceptors (Lipinski definition) is 5. The minimum absolute atomic E-state index is 0.122. The number of fused-ring (bicyclic) bond motifs is 5. The molecule has 1 aromatic rings. The molecular weight excluding hydrogens is 400 g/mol. The molecule has 32 heavy (non-hydrogen) atoms. The molecule has 0 saturated heterocycles. The number of carbonyl (C=O) groups excluding carboxylic acids is 1. The maximum absolute atomic E-state index is 13.2. The van der Waals surface area contributed by atoms with Crippen molar-refractivity contribution in [3.8, 4) is 11.8 Å². The Morgan fingerprint density at radius 2 is 1.91 bits per heavy atom. The third kappa shape index (κ3) is 3.52. The van der Waals surface area contributed by atoms with Gasteiger partial charge in [0.1, 0.15) is 12.1 Å². The predicted molar refractivity (Wildman–Crippen MR) is 119 cm³/mol. The predicted octanol–water partition coefficient (Wildman–Crippen LogP) is 3.66. The van der Waals surface area contributed by atoms with E-state index < -0.39 is 5.60 Å². The topological polar surface area (TPSA) is 80.9 Å². The Morgan fingerprint density at radius 3 is 2.69 bits per heavy atom. The summed E-state index contributed by atoms with van der Waals surface area (Å²) in [4.78, 5) is 14.6. The maximum atomic E-state index is 13.2. The van der Waals surface area contributed by atoms with E-state index in [1.165, 1.54) is 49.6 Å². The van der Waals surface area contributed by atoms with Crippen LogP contribution in [0, 0.1) is 58.7 Å². The molecule has 0 bridgehead atoms. The highest BCUT2D eigenvalue weighted by Crippen LogP contribution is 2.64. The lowest BCUT2D eigenvalue weighted by Gasteiger charge is -2.56. The van der Waals surface area contributed by atoms with Crippen LogP contribution in [-0.4, -0.2) is 36.7 Å². The van der Waals surface area contributed by atoms with Crippen molar-refractivity contribution in [2.75, 3.05) is 0 Å². The first-order valence-electron chi connectivity index (χ1n) is 12.9. The second kappa shape index (κ2) is 7.65. The van der Waals surface area contributed by atoms with Gasteiger partial charge >= 0.3 is 0 Å². The summed E-state index contributed by atoms with van der Waals surface area (Å²) in [7, 11) is 0. The van der Waals surface area contributed by atoms with Gasteiger partial charge < -0.3 is 5.11 Å². The van der Waals surface area contributed by atoms with Crippen LogP contribution in [0.2, 0.25) is 0 Å². The van der Waals surface area contributed by atoms with Crippen LogP contribution >= 0.6 is 0 Å². The molecule has 0 amide bonds. The molecule has 6 nitrogen and oxygen atoms in total. The normalized spacial score (nSPS) is 45.2. The van der Waals surface area contributed by atoms with Crippen molar-refractivity contribution in [1.29, 1.82) is 0 Å². The van der Waals surface area contributed by atoms with Crippen molar-refractivity contribution < 1.29 is 9.90 Å². The Kier molecular flexibility index (Phi) is 4.98. The zero-order valence-electron chi connectivity index (χ0n) is 19.2. The van der Waals surface area contributed by atoms with Crippen molar-refractivity contribution in [2.24, 2.45) is 46.8 Å². The van der Waals surface area contributed by atoms with Crippen molar-refractivity contribution in [2.45, 2.75) is 89.7 Å². The average Bonchev–Trinajstić information content (AvgIpc) is 3.34. The highest BCUT2D eigenvalue weighted by atomic mass is 16.3. The average molecular weight is 437 g/mol. The summed E-state index contributed by atoms with van der Waals surface area (Å²) < 4.78 is 0. The summed E-state index contributed by atoms with van der Waals surface area (Å²) in [6, 6.07) is 0. The molecule has 6 rings (SSSR count). The minimum Gasteiger partial charge on any atom is -0.378 e. The molecule has 5 aliphatic rings. The molecule has 0 radical (unpaired) electrons. The van der Waals surface area contributed by atoms with Gasteiger partial charge in [0, 0.05) is 11.8 Å². The fraction of sp³-hybridized carbons (Fsp3) is 0.846. The van der Waals surface area contributed by atoms with Crippen molar-refractivity contribution in [3.63, 3.8) is 0 Å². The van der Waals surface area contributed by atoms with E-state index in [1.807, 2.05) is 0 Å². The summed E-state index contributed by atoms with van der Waals surface area (Å²) in [5.74, 6) is 11.2. The van der Waals surface area contributed by atoms with Gasteiger partial charge in [-0.15, -0.1) is 10.2 Å². The van der Waals surface area contributed by atoms with E-state index in [-0.39, 0.29) is 23.7 Å². The van der Waals surface area contributed by atoms with Gasteiger partial charge in [-0.1, -0.05) is 18.8 Å². The second-order valence-electron chi connectivity index (χ2n) is 11.9. The van der Waals surface area contributed by atoms with E-state index in [4.69, 9.17) is 0 Å². The standard InChI is InChI=1S/C26H36N4O2/c1-25-11-9-20-19-10-13-26(32,12-8-17-2-3-17)14-18(19)4-5-21(20)22(25)6-7-23(25)24(31)15-30-28-16-27-29-30/h16-23,32H,2-7,9-11,13-15H2,1H3/t18-,19+,20-,21-,22+,23-,25+,26+/m1/s1. The Balaban J connectivity index is 1.15. The molecule has 0 aromatic carbocycles. The fourth-order valence-electron chi connectivity index (χ4n) is 8.50. The molecule has 172 valence electrons. The zero-order chi connectivity index (χ0) is 21.9. The van der Waals surface area contributed by atoms with Gasteiger partial charge in [-0.05, 0) is 111 Å². The van der Waals surface area contributed by atoms with Crippen molar-refractivity contribution >= 4 is 5.78 Å². The number of hydrogen-bond donors (Lipinski definition) is 1. The third-order valence-electron chi connectivity index (χ3n) is 10.2.